The van der Waals surface area contributed by atoms with Crippen LogP contribution in [-0.2, 0) is 0 Å². The Morgan fingerprint density at radius 1 is 0.298 bits per heavy atom. The van der Waals surface area contributed by atoms with Crippen molar-refractivity contribution < 1.29 is 5.48 Å². The second kappa shape index (κ2) is 13.9. The van der Waals surface area contributed by atoms with E-state index in [2.05, 4.69) is 146 Å². The van der Waals surface area contributed by atoms with E-state index in [1.54, 1.807) is 0 Å². The van der Waals surface area contributed by atoms with Crippen LogP contribution in [0.25, 0.3) is 66.1 Å². The lowest BCUT2D eigenvalue weighted by Crippen LogP contribution is -1.95. The molecule has 0 spiro atoms. The lowest BCUT2D eigenvalue weighted by molar-refractivity contribution is 0.824. The smallest absolute Gasteiger partial charge is 0.0479 e. The molecule has 47 heavy (non-hydrogen) atoms. The first-order valence-electron chi connectivity index (χ1n) is 15.5. The summed E-state index contributed by atoms with van der Waals surface area (Å²) in [5.41, 5.74) is 24.1. The maximum atomic E-state index is 6.59. The number of benzene rings is 8. The predicted molar refractivity (Wildman–Crippen MR) is 202 cm³/mol. The summed E-state index contributed by atoms with van der Waals surface area (Å²) >= 11 is 0. The van der Waals surface area contributed by atoms with Crippen molar-refractivity contribution in [3.63, 3.8) is 0 Å². The van der Waals surface area contributed by atoms with Crippen LogP contribution in [-0.4, -0.2) is 5.48 Å². The van der Waals surface area contributed by atoms with Gasteiger partial charge in [-0.2, -0.15) is 0 Å². The summed E-state index contributed by atoms with van der Waals surface area (Å²) in [6, 6.07) is 62.7. The summed E-state index contributed by atoms with van der Waals surface area (Å²) in [6.07, 6.45) is 0. The molecular weight excluding hydrogens is 572 g/mol. The van der Waals surface area contributed by atoms with Crippen LogP contribution < -0.4 is 11.5 Å². The standard InChI is InChI=1S/2C22H17N.H2O/c2*23-22-19-14-8-7-13-18(19)15-20(16-9-3-1-4-10-16)21(22)17-11-5-2-6-12-17;/h2*1-15H,23H2;1H2. The van der Waals surface area contributed by atoms with E-state index in [1.165, 1.54) is 33.0 Å². The van der Waals surface area contributed by atoms with Gasteiger partial charge in [0.05, 0.1) is 0 Å². The van der Waals surface area contributed by atoms with E-state index in [1.807, 2.05) is 36.4 Å². The van der Waals surface area contributed by atoms with E-state index >= 15 is 0 Å². The summed E-state index contributed by atoms with van der Waals surface area (Å²) in [4.78, 5) is 0. The Morgan fingerprint density at radius 2 is 0.574 bits per heavy atom. The highest BCUT2D eigenvalue weighted by atomic mass is 16.0. The first-order chi connectivity index (χ1) is 22.7. The zero-order valence-electron chi connectivity index (χ0n) is 26.0. The first kappa shape index (κ1) is 30.8. The maximum absolute atomic E-state index is 6.59. The molecule has 0 aromatic heterocycles. The zero-order valence-corrected chi connectivity index (χ0v) is 26.0. The van der Waals surface area contributed by atoms with Gasteiger partial charge in [0.25, 0.3) is 0 Å². The topological polar surface area (TPSA) is 83.5 Å². The summed E-state index contributed by atoms with van der Waals surface area (Å²) in [6.45, 7) is 0. The van der Waals surface area contributed by atoms with Crippen LogP contribution in [0.2, 0.25) is 0 Å². The molecule has 8 aromatic rings. The molecule has 228 valence electrons. The van der Waals surface area contributed by atoms with Crippen LogP contribution in [0.1, 0.15) is 0 Å². The molecule has 0 bridgehead atoms. The minimum Gasteiger partial charge on any atom is -0.412 e. The summed E-state index contributed by atoms with van der Waals surface area (Å²) in [7, 11) is 0. The number of rotatable bonds is 4. The van der Waals surface area contributed by atoms with Gasteiger partial charge in [-0.3, -0.25) is 0 Å². The molecule has 0 atom stereocenters. The van der Waals surface area contributed by atoms with Gasteiger partial charge in [0.15, 0.2) is 0 Å². The predicted octanol–water partition coefficient (Wildman–Crippen LogP) is 10.7. The normalized spacial score (nSPS) is 10.6. The average molecular weight is 609 g/mol. The van der Waals surface area contributed by atoms with Gasteiger partial charge in [-0.05, 0) is 56.3 Å². The monoisotopic (exact) mass is 608 g/mol. The van der Waals surface area contributed by atoms with E-state index < -0.39 is 0 Å². The molecular formula is C44H36N2O. The quantitative estimate of drug-likeness (QED) is 0.195. The van der Waals surface area contributed by atoms with Gasteiger partial charge < -0.3 is 16.9 Å². The highest BCUT2D eigenvalue weighted by molar-refractivity contribution is 6.08. The van der Waals surface area contributed by atoms with Crippen LogP contribution in [0, 0.1) is 0 Å². The van der Waals surface area contributed by atoms with E-state index in [9.17, 15) is 0 Å². The Balaban J connectivity index is 0.000000161. The molecule has 0 radical (unpaired) electrons. The van der Waals surface area contributed by atoms with Crippen molar-refractivity contribution in [3.8, 4) is 44.5 Å². The van der Waals surface area contributed by atoms with E-state index in [0.29, 0.717) is 0 Å². The van der Waals surface area contributed by atoms with Gasteiger partial charge in [0.2, 0.25) is 0 Å². The number of nitrogen functional groups attached to an aromatic ring is 2. The third-order valence-electron chi connectivity index (χ3n) is 8.47. The Bertz CT molecular complexity index is 2090. The summed E-state index contributed by atoms with van der Waals surface area (Å²) in [5.74, 6) is 0. The van der Waals surface area contributed by atoms with E-state index in [-0.39, 0.29) is 5.48 Å². The van der Waals surface area contributed by atoms with Gasteiger partial charge >= 0.3 is 0 Å². The number of fused-ring (bicyclic) bond motifs is 2. The fourth-order valence-electron chi connectivity index (χ4n) is 6.27. The molecule has 0 saturated heterocycles. The third kappa shape index (κ3) is 6.21. The number of anilines is 2. The first-order valence-corrected chi connectivity index (χ1v) is 15.5. The molecule has 0 fully saturated rings. The van der Waals surface area contributed by atoms with E-state index in [0.717, 1.165) is 44.4 Å². The van der Waals surface area contributed by atoms with Crippen LogP contribution in [0.5, 0.6) is 0 Å². The lowest BCUT2D eigenvalue weighted by atomic mass is 9.90. The minimum atomic E-state index is 0. The number of hydrogen-bond donors (Lipinski definition) is 2. The second-order valence-corrected chi connectivity index (χ2v) is 11.3. The number of nitrogens with two attached hydrogens (primary N) is 2. The average Bonchev–Trinajstić information content (AvgIpc) is 3.13. The Labute approximate surface area is 275 Å². The third-order valence-corrected chi connectivity index (χ3v) is 8.47. The molecule has 0 heterocycles. The molecule has 8 aromatic carbocycles. The highest BCUT2D eigenvalue weighted by Crippen LogP contribution is 2.42. The van der Waals surface area contributed by atoms with Crippen molar-refractivity contribution >= 4 is 32.9 Å². The SMILES string of the molecule is Nc1c(-c2ccccc2)c(-c2ccccc2)cc2ccccc12.Nc1c(-c2ccccc2)c(-c2ccccc2)cc2ccccc12.O. The highest BCUT2D eigenvalue weighted by Gasteiger charge is 2.15. The molecule has 3 nitrogen and oxygen atoms in total. The van der Waals surface area contributed by atoms with Crippen molar-refractivity contribution in [2.24, 2.45) is 0 Å². The van der Waals surface area contributed by atoms with Gasteiger partial charge in [-0.1, -0.05) is 170 Å². The molecule has 0 aliphatic heterocycles. The van der Waals surface area contributed by atoms with Crippen molar-refractivity contribution in [1.29, 1.82) is 0 Å². The zero-order chi connectivity index (χ0) is 31.3. The lowest BCUT2D eigenvalue weighted by Gasteiger charge is -2.16. The molecule has 0 aliphatic carbocycles. The molecule has 0 unspecified atom stereocenters. The van der Waals surface area contributed by atoms with Crippen molar-refractivity contribution in [2.75, 3.05) is 11.5 Å². The van der Waals surface area contributed by atoms with Crippen molar-refractivity contribution in [2.45, 2.75) is 0 Å². The number of hydrogen-bond acceptors (Lipinski definition) is 2. The fraction of sp³-hybridized carbons (Fsp3) is 0. The molecule has 6 N–H and O–H groups in total. The molecule has 8 rings (SSSR count). The molecule has 0 saturated carbocycles. The van der Waals surface area contributed by atoms with Crippen molar-refractivity contribution in [1.82, 2.24) is 0 Å². The second-order valence-electron chi connectivity index (χ2n) is 11.3. The van der Waals surface area contributed by atoms with Crippen LogP contribution in [0.3, 0.4) is 0 Å². The molecule has 3 heteroatoms. The fourth-order valence-corrected chi connectivity index (χ4v) is 6.27. The van der Waals surface area contributed by atoms with Gasteiger partial charge in [0.1, 0.15) is 0 Å². The van der Waals surface area contributed by atoms with Crippen molar-refractivity contribution in [3.05, 3.63) is 182 Å². The van der Waals surface area contributed by atoms with Crippen LogP contribution in [0.15, 0.2) is 182 Å². The Kier molecular flexibility index (Phi) is 9.10. The van der Waals surface area contributed by atoms with E-state index in [4.69, 9.17) is 11.5 Å². The Morgan fingerprint density at radius 3 is 0.915 bits per heavy atom. The van der Waals surface area contributed by atoms with Gasteiger partial charge in [0, 0.05) is 33.3 Å². The summed E-state index contributed by atoms with van der Waals surface area (Å²) in [5, 5.41) is 4.55. The molecule has 0 amide bonds. The summed E-state index contributed by atoms with van der Waals surface area (Å²) < 4.78 is 0. The van der Waals surface area contributed by atoms with Gasteiger partial charge in [-0.15, -0.1) is 0 Å². The minimum absolute atomic E-state index is 0. The maximum Gasteiger partial charge on any atom is 0.0479 e. The van der Waals surface area contributed by atoms with Crippen LogP contribution in [0.4, 0.5) is 11.4 Å². The van der Waals surface area contributed by atoms with Crippen LogP contribution >= 0.6 is 0 Å². The largest absolute Gasteiger partial charge is 0.412 e. The van der Waals surface area contributed by atoms with Gasteiger partial charge in [-0.25, -0.2) is 0 Å². The molecule has 0 aliphatic rings. The Hall–Kier alpha value is -6.16.